The number of methoxy groups -OCH3 is 1. The van der Waals surface area contributed by atoms with E-state index in [1.54, 1.807) is 31.4 Å². The Labute approximate surface area is 257 Å². The van der Waals surface area contributed by atoms with E-state index in [9.17, 15) is 14.7 Å². The van der Waals surface area contributed by atoms with Gasteiger partial charge in [-0.2, -0.15) is 0 Å². The molecule has 0 spiro atoms. The molecule has 1 saturated heterocycles. The molecule has 220 valence electrons. The molecule has 1 aromatic heterocycles. The summed E-state index contributed by atoms with van der Waals surface area (Å²) < 4.78 is 18.1. The number of anilines is 1. The van der Waals surface area contributed by atoms with Gasteiger partial charge >= 0.3 is 5.91 Å². The number of nitrogens with zero attached hydrogens (tertiary/aromatic N) is 2. The van der Waals surface area contributed by atoms with Crippen molar-refractivity contribution in [3.8, 4) is 17.2 Å². The van der Waals surface area contributed by atoms with E-state index in [-0.39, 0.29) is 17.4 Å². The van der Waals surface area contributed by atoms with Crippen LogP contribution >= 0.6 is 11.3 Å². The monoisotopic (exact) mass is 604 g/mol. The Balaban J connectivity index is 1.34. The quantitative estimate of drug-likeness (QED) is 0.123. The number of carbonyl (C=O) groups excluding carboxylic acids is 2. The van der Waals surface area contributed by atoms with Gasteiger partial charge in [-0.1, -0.05) is 53.8 Å². The largest absolute Gasteiger partial charge is 0.507 e. The van der Waals surface area contributed by atoms with Gasteiger partial charge in [0.1, 0.15) is 35.7 Å². The van der Waals surface area contributed by atoms with Gasteiger partial charge in [0.2, 0.25) is 0 Å². The maximum absolute atomic E-state index is 13.8. The summed E-state index contributed by atoms with van der Waals surface area (Å²) in [5, 5.41) is 12.0. The normalized spacial score (nSPS) is 18.8. The number of amides is 1. The molecular formula is C35H28N2O6S. The first-order chi connectivity index (χ1) is 21.4. The molecule has 2 aliphatic heterocycles. The Morgan fingerprint density at radius 2 is 1.84 bits per heavy atom. The average Bonchev–Trinajstić information content (AvgIpc) is 3.71. The highest BCUT2D eigenvalue weighted by Gasteiger charge is 2.48. The standard InChI is InChI=1S/C35H28N2O6S/c1-20-15-24-16-23(11-14-28(24)43-20)32(38)30-31(22-9-6-10-26(17-22)42-19-21-7-4-3-5-8-21)37(34(40)33(30)39)35-36-27-13-12-25(41-2)18-29(27)44-35/h3-14,16-18,20,31,38H,15,19H2,1-2H3. The molecule has 1 N–H and O–H groups in total. The van der Waals surface area contributed by atoms with Crippen molar-refractivity contribution in [2.24, 2.45) is 0 Å². The van der Waals surface area contributed by atoms with E-state index in [4.69, 9.17) is 19.2 Å². The number of benzene rings is 4. The van der Waals surface area contributed by atoms with E-state index in [1.165, 1.54) is 16.2 Å². The van der Waals surface area contributed by atoms with E-state index in [1.807, 2.05) is 73.7 Å². The summed E-state index contributed by atoms with van der Waals surface area (Å²) in [6.45, 7) is 2.32. The first kappa shape index (κ1) is 27.7. The van der Waals surface area contributed by atoms with E-state index < -0.39 is 17.7 Å². The fourth-order valence-corrected chi connectivity index (χ4v) is 6.73. The minimum Gasteiger partial charge on any atom is -0.507 e. The molecule has 4 aromatic carbocycles. The number of Topliss-reactive ketones (excluding diaryl/α,β-unsaturated/α-hetero) is 1. The van der Waals surface area contributed by atoms with Crippen molar-refractivity contribution in [1.82, 2.24) is 4.98 Å². The molecule has 0 bridgehead atoms. The van der Waals surface area contributed by atoms with Crippen molar-refractivity contribution in [2.75, 3.05) is 12.0 Å². The van der Waals surface area contributed by atoms with Crippen LogP contribution in [-0.2, 0) is 22.6 Å². The summed E-state index contributed by atoms with van der Waals surface area (Å²) in [4.78, 5) is 33.6. The predicted octanol–water partition coefficient (Wildman–Crippen LogP) is 6.83. The van der Waals surface area contributed by atoms with Crippen LogP contribution < -0.4 is 19.1 Å². The molecule has 2 aliphatic rings. The zero-order valence-electron chi connectivity index (χ0n) is 24.0. The van der Waals surface area contributed by atoms with Crippen LogP contribution in [0.2, 0.25) is 0 Å². The molecule has 1 fully saturated rings. The van der Waals surface area contributed by atoms with Crippen LogP contribution in [0.5, 0.6) is 17.2 Å². The molecule has 0 radical (unpaired) electrons. The molecule has 2 unspecified atom stereocenters. The average molecular weight is 605 g/mol. The van der Waals surface area contributed by atoms with Gasteiger partial charge < -0.3 is 19.3 Å². The minimum absolute atomic E-state index is 0.0149. The molecule has 0 saturated carbocycles. The molecule has 44 heavy (non-hydrogen) atoms. The minimum atomic E-state index is -0.943. The smallest absolute Gasteiger partial charge is 0.301 e. The summed E-state index contributed by atoms with van der Waals surface area (Å²) in [6.07, 6.45) is 0.703. The summed E-state index contributed by atoms with van der Waals surface area (Å²) >= 11 is 1.28. The van der Waals surface area contributed by atoms with Gasteiger partial charge in [-0.3, -0.25) is 14.5 Å². The van der Waals surface area contributed by atoms with Gasteiger partial charge in [-0.05, 0) is 72.1 Å². The van der Waals surface area contributed by atoms with Crippen LogP contribution in [0.15, 0.2) is 96.6 Å². The van der Waals surface area contributed by atoms with Gasteiger partial charge in [0, 0.05) is 12.0 Å². The lowest BCUT2D eigenvalue weighted by atomic mass is 9.94. The number of thiazole rings is 1. The van der Waals surface area contributed by atoms with Crippen LogP contribution in [0.25, 0.3) is 16.0 Å². The SMILES string of the molecule is COc1ccc2nc(N3C(=O)C(=O)C(=C(O)c4ccc5c(c4)CC(C)O5)C3c3cccc(OCc4ccccc4)c3)sc2c1. The second kappa shape index (κ2) is 11.2. The first-order valence-electron chi connectivity index (χ1n) is 14.2. The lowest BCUT2D eigenvalue weighted by Crippen LogP contribution is -2.29. The third-order valence-electron chi connectivity index (χ3n) is 7.83. The second-order valence-electron chi connectivity index (χ2n) is 10.8. The number of rotatable bonds is 7. The Kier molecular flexibility index (Phi) is 7.02. The van der Waals surface area contributed by atoms with E-state index in [0.717, 1.165) is 21.6 Å². The lowest BCUT2D eigenvalue weighted by molar-refractivity contribution is -0.132. The molecule has 7 rings (SSSR count). The molecular weight excluding hydrogens is 576 g/mol. The van der Waals surface area contributed by atoms with Crippen molar-refractivity contribution >= 4 is 44.1 Å². The molecule has 2 atom stereocenters. The number of aliphatic hydroxyl groups is 1. The van der Waals surface area contributed by atoms with E-state index in [2.05, 4.69) is 0 Å². The molecule has 1 amide bonds. The number of aliphatic hydroxyl groups excluding tert-OH is 1. The number of ether oxygens (including phenoxy) is 3. The van der Waals surface area contributed by atoms with Crippen LogP contribution in [0.1, 0.15) is 35.2 Å². The van der Waals surface area contributed by atoms with Gasteiger partial charge in [-0.25, -0.2) is 4.98 Å². The lowest BCUT2D eigenvalue weighted by Gasteiger charge is -2.23. The van der Waals surface area contributed by atoms with Crippen LogP contribution in [0.4, 0.5) is 5.13 Å². The van der Waals surface area contributed by atoms with Gasteiger partial charge in [0.05, 0.1) is 28.9 Å². The molecule has 9 heteroatoms. The van der Waals surface area contributed by atoms with Crippen molar-refractivity contribution in [3.05, 3.63) is 119 Å². The molecule has 5 aromatic rings. The zero-order valence-corrected chi connectivity index (χ0v) is 24.8. The maximum atomic E-state index is 13.8. The van der Waals surface area contributed by atoms with Crippen LogP contribution in [0, 0.1) is 0 Å². The van der Waals surface area contributed by atoms with Gasteiger partial charge in [0.15, 0.2) is 5.13 Å². The fraction of sp³-hybridized carbons (Fsp3) is 0.171. The Bertz CT molecular complexity index is 1950. The fourth-order valence-electron chi connectivity index (χ4n) is 5.71. The third-order valence-corrected chi connectivity index (χ3v) is 8.84. The number of carbonyl (C=O) groups is 2. The Morgan fingerprint density at radius 3 is 2.66 bits per heavy atom. The third kappa shape index (κ3) is 4.95. The molecule has 8 nitrogen and oxygen atoms in total. The summed E-state index contributed by atoms with van der Waals surface area (Å²) in [5.74, 6) is 0.163. The summed E-state index contributed by atoms with van der Waals surface area (Å²) in [6, 6.07) is 26.9. The number of hydrogen-bond acceptors (Lipinski definition) is 8. The van der Waals surface area contributed by atoms with Crippen molar-refractivity contribution in [3.63, 3.8) is 0 Å². The van der Waals surface area contributed by atoms with Crippen molar-refractivity contribution in [2.45, 2.75) is 32.1 Å². The number of aromatic nitrogens is 1. The zero-order chi connectivity index (χ0) is 30.4. The van der Waals surface area contributed by atoms with Crippen molar-refractivity contribution in [1.29, 1.82) is 0 Å². The summed E-state index contributed by atoms with van der Waals surface area (Å²) in [7, 11) is 1.58. The van der Waals surface area contributed by atoms with Crippen LogP contribution in [-0.4, -0.2) is 35.0 Å². The first-order valence-corrected chi connectivity index (χ1v) is 15.0. The second-order valence-corrected chi connectivity index (χ2v) is 11.8. The number of hydrogen-bond donors (Lipinski definition) is 1. The van der Waals surface area contributed by atoms with Crippen LogP contribution in [0.3, 0.4) is 0 Å². The molecule has 3 heterocycles. The highest BCUT2D eigenvalue weighted by molar-refractivity contribution is 7.22. The highest BCUT2D eigenvalue weighted by atomic mass is 32.1. The molecule has 0 aliphatic carbocycles. The van der Waals surface area contributed by atoms with Crippen molar-refractivity contribution < 1.29 is 28.9 Å². The topological polar surface area (TPSA) is 98.2 Å². The van der Waals surface area contributed by atoms with E-state index >= 15 is 0 Å². The highest BCUT2D eigenvalue weighted by Crippen LogP contribution is 2.45. The predicted molar refractivity (Wildman–Crippen MR) is 168 cm³/mol. The summed E-state index contributed by atoms with van der Waals surface area (Å²) in [5.41, 5.74) is 3.63. The number of fused-ring (bicyclic) bond motifs is 2. The number of ketones is 1. The van der Waals surface area contributed by atoms with Gasteiger partial charge in [0.25, 0.3) is 5.78 Å². The Morgan fingerprint density at radius 1 is 1.00 bits per heavy atom. The van der Waals surface area contributed by atoms with Gasteiger partial charge in [-0.15, -0.1) is 0 Å². The Hall–Kier alpha value is -5.15. The van der Waals surface area contributed by atoms with E-state index in [0.29, 0.717) is 46.3 Å². The maximum Gasteiger partial charge on any atom is 0.301 e.